The van der Waals surface area contributed by atoms with Gasteiger partial charge in [-0.3, -0.25) is 14.4 Å². The summed E-state index contributed by atoms with van der Waals surface area (Å²) in [6.07, 6.45) is 0.967. The topological polar surface area (TPSA) is 191 Å². The summed E-state index contributed by atoms with van der Waals surface area (Å²) < 4.78 is 0. The zero-order valence-electron chi connectivity index (χ0n) is 15.5. The van der Waals surface area contributed by atoms with Crippen molar-refractivity contribution in [2.75, 3.05) is 18.6 Å². The Balaban J connectivity index is 4.94. The number of aliphatic hydroxyl groups is 2. The van der Waals surface area contributed by atoms with E-state index in [4.69, 9.17) is 15.9 Å². The molecule has 0 heterocycles. The van der Waals surface area contributed by atoms with Gasteiger partial charge in [-0.25, -0.2) is 4.79 Å². The Labute approximate surface area is 161 Å². The maximum atomic E-state index is 12.4. The molecule has 5 atom stereocenters. The summed E-state index contributed by atoms with van der Waals surface area (Å²) in [6, 6.07) is -4.80. The fourth-order valence-electron chi connectivity index (χ4n) is 1.85. The number of aliphatic hydroxyl groups excluding tert-OH is 2. The number of amides is 3. The number of carbonyl (C=O) groups excluding carboxylic acids is 3. The van der Waals surface area contributed by atoms with Gasteiger partial charge in [0.15, 0.2) is 0 Å². The number of thioether (sulfide) groups is 1. The Hall–Kier alpha value is -1.89. The molecule has 11 nitrogen and oxygen atoms in total. The zero-order valence-corrected chi connectivity index (χ0v) is 16.3. The first kappa shape index (κ1) is 25.1. The average molecular weight is 408 g/mol. The number of nitrogens with two attached hydrogens (primary N) is 1. The Bertz CT molecular complexity index is 532. The molecule has 0 aromatic heterocycles. The molecule has 0 aliphatic carbocycles. The third-order valence-corrected chi connectivity index (χ3v) is 4.26. The maximum Gasteiger partial charge on any atom is 0.328 e. The normalized spacial score (nSPS) is 16.4. The first-order valence-electron chi connectivity index (χ1n) is 8.22. The molecule has 156 valence electrons. The lowest BCUT2D eigenvalue weighted by molar-refractivity contribution is -0.143. The molecular formula is C15H28N4O7S. The van der Waals surface area contributed by atoms with Crippen LogP contribution in [0.4, 0.5) is 0 Å². The number of hydrogen-bond donors (Lipinski definition) is 7. The van der Waals surface area contributed by atoms with Crippen LogP contribution in [0, 0.1) is 0 Å². The van der Waals surface area contributed by atoms with Crippen LogP contribution in [0.15, 0.2) is 0 Å². The van der Waals surface area contributed by atoms with E-state index in [1.54, 1.807) is 0 Å². The number of carbonyl (C=O) groups is 4. The molecule has 0 aromatic carbocycles. The highest BCUT2D eigenvalue weighted by Gasteiger charge is 2.28. The zero-order chi connectivity index (χ0) is 21.1. The van der Waals surface area contributed by atoms with E-state index in [0.717, 1.165) is 0 Å². The quantitative estimate of drug-likeness (QED) is 0.176. The second-order valence-corrected chi connectivity index (χ2v) is 6.91. The molecule has 0 radical (unpaired) electrons. The van der Waals surface area contributed by atoms with Crippen LogP contribution in [-0.2, 0) is 19.2 Å². The third kappa shape index (κ3) is 9.04. The molecule has 0 aliphatic rings. The number of hydrogen-bond acceptors (Lipinski definition) is 8. The fourth-order valence-corrected chi connectivity index (χ4v) is 2.32. The molecule has 0 fully saturated rings. The Kier molecular flexibility index (Phi) is 11.6. The molecule has 0 unspecified atom stereocenters. The van der Waals surface area contributed by atoms with Crippen molar-refractivity contribution in [3.8, 4) is 0 Å². The van der Waals surface area contributed by atoms with E-state index in [0.29, 0.717) is 5.75 Å². The van der Waals surface area contributed by atoms with Gasteiger partial charge in [-0.15, -0.1) is 0 Å². The lowest BCUT2D eigenvalue weighted by atomic mass is 10.1. The molecule has 27 heavy (non-hydrogen) atoms. The van der Waals surface area contributed by atoms with Crippen LogP contribution >= 0.6 is 11.8 Å². The largest absolute Gasteiger partial charge is 0.480 e. The molecule has 0 aromatic rings. The lowest BCUT2D eigenvalue weighted by Crippen LogP contribution is -2.57. The van der Waals surface area contributed by atoms with Crippen molar-refractivity contribution in [1.82, 2.24) is 16.0 Å². The predicted octanol–water partition coefficient (Wildman–Crippen LogP) is -3.00. The van der Waals surface area contributed by atoms with Gasteiger partial charge in [-0.05, 0) is 32.3 Å². The van der Waals surface area contributed by atoms with Gasteiger partial charge in [0, 0.05) is 0 Å². The minimum absolute atomic E-state index is 0.258. The minimum Gasteiger partial charge on any atom is -0.480 e. The van der Waals surface area contributed by atoms with Crippen molar-refractivity contribution in [3.63, 3.8) is 0 Å². The Morgan fingerprint density at radius 1 is 1.00 bits per heavy atom. The molecular weight excluding hydrogens is 380 g/mol. The van der Waals surface area contributed by atoms with Crippen LogP contribution < -0.4 is 21.7 Å². The molecule has 8 N–H and O–H groups in total. The van der Waals surface area contributed by atoms with Crippen LogP contribution in [0.25, 0.3) is 0 Å². The standard InChI is InChI=1S/C15H28N4O7S/c1-7(12(22)19-10(6-20)15(25)26)17-13(23)9(4-5-27-3)18-14(24)11(16)8(2)21/h7-11,20-21H,4-6,16H2,1-3H3,(H,17,23)(H,18,24)(H,19,22)(H,25,26)/t7-,8+,9-,10-,11-/m0/s1. The highest BCUT2D eigenvalue weighted by molar-refractivity contribution is 7.98. The van der Waals surface area contributed by atoms with Crippen molar-refractivity contribution >= 4 is 35.5 Å². The van der Waals surface area contributed by atoms with Crippen LogP contribution in [0.2, 0.25) is 0 Å². The second-order valence-electron chi connectivity index (χ2n) is 5.92. The van der Waals surface area contributed by atoms with Gasteiger partial charge in [-0.1, -0.05) is 0 Å². The number of aliphatic carboxylic acids is 1. The maximum absolute atomic E-state index is 12.4. The van der Waals surface area contributed by atoms with E-state index < -0.39 is 60.6 Å². The summed E-state index contributed by atoms with van der Waals surface area (Å²) in [6.45, 7) is 1.87. The predicted molar refractivity (Wildman–Crippen MR) is 98.8 cm³/mol. The first-order chi connectivity index (χ1) is 12.5. The van der Waals surface area contributed by atoms with Crippen molar-refractivity contribution in [2.45, 2.75) is 50.5 Å². The molecule has 0 saturated heterocycles. The SMILES string of the molecule is CSCC[C@H](NC(=O)[C@@H](N)[C@@H](C)O)C(=O)N[C@@H](C)C(=O)N[C@@H](CO)C(=O)O. The van der Waals surface area contributed by atoms with E-state index in [1.165, 1.54) is 25.6 Å². The summed E-state index contributed by atoms with van der Waals surface area (Å²) in [5.41, 5.74) is 5.54. The number of rotatable bonds is 12. The van der Waals surface area contributed by atoms with Gasteiger partial charge >= 0.3 is 5.97 Å². The highest BCUT2D eigenvalue weighted by Crippen LogP contribution is 2.03. The van der Waals surface area contributed by atoms with E-state index in [-0.39, 0.29) is 6.42 Å². The molecule has 0 saturated carbocycles. The molecule has 0 spiro atoms. The van der Waals surface area contributed by atoms with E-state index in [9.17, 15) is 24.3 Å². The van der Waals surface area contributed by atoms with Crippen LogP contribution in [0.5, 0.6) is 0 Å². The number of carboxylic acids is 1. The highest BCUT2D eigenvalue weighted by atomic mass is 32.2. The number of carboxylic acid groups (broad SMARTS) is 1. The Morgan fingerprint density at radius 3 is 2.00 bits per heavy atom. The monoisotopic (exact) mass is 408 g/mol. The van der Waals surface area contributed by atoms with Gasteiger partial charge in [0.1, 0.15) is 24.2 Å². The average Bonchev–Trinajstić information content (AvgIpc) is 2.61. The number of nitrogens with one attached hydrogen (secondary N) is 3. The van der Waals surface area contributed by atoms with E-state index in [2.05, 4.69) is 16.0 Å². The fraction of sp³-hybridized carbons (Fsp3) is 0.733. The Morgan fingerprint density at radius 2 is 1.56 bits per heavy atom. The summed E-state index contributed by atoms with van der Waals surface area (Å²) in [5, 5.41) is 34.0. The van der Waals surface area contributed by atoms with Gasteiger partial charge in [0.2, 0.25) is 17.7 Å². The minimum atomic E-state index is -1.49. The molecule has 0 rings (SSSR count). The summed E-state index contributed by atoms with van der Waals surface area (Å²) in [7, 11) is 0. The first-order valence-corrected chi connectivity index (χ1v) is 9.61. The third-order valence-electron chi connectivity index (χ3n) is 3.62. The summed E-state index contributed by atoms with van der Waals surface area (Å²) in [4.78, 5) is 47.2. The lowest BCUT2D eigenvalue weighted by Gasteiger charge is -2.23. The smallest absolute Gasteiger partial charge is 0.328 e. The van der Waals surface area contributed by atoms with E-state index >= 15 is 0 Å². The van der Waals surface area contributed by atoms with Crippen molar-refractivity contribution in [3.05, 3.63) is 0 Å². The molecule has 0 aliphatic heterocycles. The van der Waals surface area contributed by atoms with Crippen LogP contribution in [-0.4, -0.2) is 87.9 Å². The van der Waals surface area contributed by atoms with Crippen molar-refractivity contribution in [1.29, 1.82) is 0 Å². The molecule has 0 bridgehead atoms. The van der Waals surface area contributed by atoms with Gasteiger partial charge in [0.25, 0.3) is 0 Å². The molecule has 3 amide bonds. The molecule has 12 heteroatoms. The van der Waals surface area contributed by atoms with Gasteiger partial charge < -0.3 is 37.0 Å². The second kappa shape index (κ2) is 12.5. The summed E-state index contributed by atoms with van der Waals surface area (Å²) in [5.74, 6) is -3.06. The van der Waals surface area contributed by atoms with E-state index in [1.807, 2.05) is 6.26 Å². The van der Waals surface area contributed by atoms with Crippen LogP contribution in [0.3, 0.4) is 0 Å². The van der Waals surface area contributed by atoms with Gasteiger partial charge in [-0.2, -0.15) is 11.8 Å². The van der Waals surface area contributed by atoms with Crippen molar-refractivity contribution in [2.24, 2.45) is 5.73 Å². The van der Waals surface area contributed by atoms with Gasteiger partial charge in [0.05, 0.1) is 12.7 Å². The summed E-state index contributed by atoms with van der Waals surface area (Å²) >= 11 is 1.44. The van der Waals surface area contributed by atoms with Crippen molar-refractivity contribution < 1.29 is 34.5 Å². The van der Waals surface area contributed by atoms with Crippen LogP contribution in [0.1, 0.15) is 20.3 Å².